The average Bonchev–Trinajstić information content (AvgIpc) is 2.11. The summed E-state index contributed by atoms with van der Waals surface area (Å²) in [5, 5.41) is 9.26. The molecule has 0 aromatic heterocycles. The maximum Gasteiger partial charge on any atom is 0.129 e. The fourth-order valence-corrected chi connectivity index (χ4v) is 1.56. The van der Waals surface area contributed by atoms with E-state index in [0.717, 1.165) is 10.0 Å². The van der Waals surface area contributed by atoms with Gasteiger partial charge < -0.3 is 5.11 Å². The number of phenolic OH excluding ortho intramolecular Hbond substituents is 1. The van der Waals surface area contributed by atoms with Gasteiger partial charge >= 0.3 is 0 Å². The lowest BCUT2D eigenvalue weighted by atomic mass is 10.2. The Morgan fingerprint density at radius 2 is 2.23 bits per heavy atom. The summed E-state index contributed by atoms with van der Waals surface area (Å²) in [6.45, 7) is 2.06. The summed E-state index contributed by atoms with van der Waals surface area (Å²) in [4.78, 5) is 1.25. The number of thioether (sulfide) groups is 1. The second-order valence-electron chi connectivity index (χ2n) is 2.67. The summed E-state index contributed by atoms with van der Waals surface area (Å²) in [7, 11) is 0. The van der Waals surface area contributed by atoms with Crippen LogP contribution in [0.25, 0.3) is 6.08 Å². The van der Waals surface area contributed by atoms with E-state index in [9.17, 15) is 5.11 Å². The van der Waals surface area contributed by atoms with Crippen molar-refractivity contribution in [2.45, 2.75) is 6.92 Å². The molecule has 0 atom stereocenters. The Morgan fingerprint density at radius 3 is 2.77 bits per heavy atom. The monoisotopic (exact) mass is 258 g/mol. The Kier molecular flexibility index (Phi) is 3.88. The van der Waals surface area contributed by atoms with E-state index in [4.69, 9.17) is 0 Å². The molecule has 0 heterocycles. The molecule has 1 aromatic rings. The molecule has 1 rings (SSSR count). The number of allylic oxidation sites excluding steroid dienone is 1. The first-order valence-corrected chi connectivity index (χ1v) is 5.86. The topological polar surface area (TPSA) is 20.2 Å². The zero-order chi connectivity index (χ0) is 9.84. The molecule has 0 bridgehead atoms. The summed E-state index contributed by atoms with van der Waals surface area (Å²) < 4.78 is 0.732. The first kappa shape index (κ1) is 10.7. The molecule has 3 heteroatoms. The summed E-state index contributed by atoms with van der Waals surface area (Å²) in [6, 6.07) is 5.47. The van der Waals surface area contributed by atoms with Crippen LogP contribution in [0.4, 0.5) is 0 Å². The average molecular weight is 259 g/mol. The lowest BCUT2D eigenvalue weighted by Crippen LogP contribution is -1.75. The van der Waals surface area contributed by atoms with Crippen molar-refractivity contribution in [2.24, 2.45) is 0 Å². The smallest absolute Gasteiger partial charge is 0.129 e. The molecule has 0 unspecified atom stereocenters. The molecule has 0 aliphatic rings. The standard InChI is InChI=1S/C10H11BrOS/c1-7(13-2)5-8-3-4-10(12)9(11)6-8/h3-6,12H,1-2H3/b7-5-. The van der Waals surface area contributed by atoms with E-state index in [1.54, 1.807) is 17.8 Å². The van der Waals surface area contributed by atoms with Crippen LogP contribution in [0.3, 0.4) is 0 Å². The van der Waals surface area contributed by atoms with Crippen molar-refractivity contribution in [1.29, 1.82) is 0 Å². The van der Waals surface area contributed by atoms with E-state index in [0.29, 0.717) is 0 Å². The predicted molar refractivity (Wildman–Crippen MR) is 63.0 cm³/mol. The Hall–Kier alpha value is -0.410. The molecule has 13 heavy (non-hydrogen) atoms. The van der Waals surface area contributed by atoms with Crippen LogP contribution >= 0.6 is 27.7 Å². The molecule has 70 valence electrons. The van der Waals surface area contributed by atoms with Gasteiger partial charge in [-0.25, -0.2) is 0 Å². The van der Waals surface area contributed by atoms with Crippen LogP contribution < -0.4 is 0 Å². The minimum absolute atomic E-state index is 0.277. The maximum atomic E-state index is 9.26. The SMILES string of the molecule is CS/C(C)=C\c1ccc(O)c(Br)c1. The zero-order valence-electron chi connectivity index (χ0n) is 7.54. The van der Waals surface area contributed by atoms with Crippen LogP contribution in [-0.4, -0.2) is 11.4 Å². The van der Waals surface area contributed by atoms with E-state index in [2.05, 4.69) is 28.9 Å². The van der Waals surface area contributed by atoms with Gasteiger partial charge in [0.15, 0.2) is 0 Å². The van der Waals surface area contributed by atoms with Crippen molar-refractivity contribution in [3.8, 4) is 5.75 Å². The number of halogens is 1. The van der Waals surface area contributed by atoms with Crippen molar-refractivity contribution < 1.29 is 5.11 Å². The zero-order valence-corrected chi connectivity index (χ0v) is 9.95. The van der Waals surface area contributed by atoms with Gasteiger partial charge in [-0.3, -0.25) is 0 Å². The lowest BCUT2D eigenvalue weighted by molar-refractivity contribution is 0.472. The van der Waals surface area contributed by atoms with Crippen molar-refractivity contribution in [1.82, 2.24) is 0 Å². The Morgan fingerprint density at radius 1 is 1.54 bits per heavy atom. The number of hydrogen-bond donors (Lipinski definition) is 1. The van der Waals surface area contributed by atoms with Gasteiger partial charge in [0.05, 0.1) is 4.47 Å². The number of hydrogen-bond acceptors (Lipinski definition) is 2. The molecule has 0 amide bonds. The molecular weight excluding hydrogens is 248 g/mol. The molecule has 0 aliphatic carbocycles. The normalized spacial score (nSPS) is 11.8. The van der Waals surface area contributed by atoms with E-state index < -0.39 is 0 Å². The molecule has 1 aromatic carbocycles. The van der Waals surface area contributed by atoms with Gasteiger partial charge in [0.25, 0.3) is 0 Å². The van der Waals surface area contributed by atoms with Crippen molar-refractivity contribution in [3.05, 3.63) is 33.1 Å². The third-order valence-electron chi connectivity index (χ3n) is 1.66. The molecule has 0 saturated heterocycles. The second kappa shape index (κ2) is 4.72. The summed E-state index contributed by atoms with van der Waals surface area (Å²) >= 11 is 4.98. The lowest BCUT2D eigenvalue weighted by Gasteiger charge is -1.99. The molecule has 0 aliphatic heterocycles. The third-order valence-corrected chi connectivity index (χ3v) is 3.06. The van der Waals surface area contributed by atoms with Gasteiger partial charge in [-0.05, 0) is 57.8 Å². The fourth-order valence-electron chi connectivity index (χ4n) is 0.907. The van der Waals surface area contributed by atoms with Crippen molar-refractivity contribution >= 4 is 33.8 Å². The summed E-state index contributed by atoms with van der Waals surface area (Å²) in [6.07, 6.45) is 4.12. The molecule has 0 fully saturated rings. The minimum Gasteiger partial charge on any atom is -0.507 e. The molecule has 1 nitrogen and oxygen atoms in total. The molecular formula is C10H11BrOS. The van der Waals surface area contributed by atoms with E-state index in [1.807, 2.05) is 18.4 Å². The van der Waals surface area contributed by atoms with Crippen LogP contribution in [0.15, 0.2) is 27.6 Å². The van der Waals surface area contributed by atoms with E-state index in [-0.39, 0.29) is 5.75 Å². The fraction of sp³-hybridized carbons (Fsp3) is 0.200. The summed E-state index contributed by atoms with van der Waals surface area (Å²) in [5.74, 6) is 0.277. The van der Waals surface area contributed by atoms with Crippen LogP contribution in [0.2, 0.25) is 0 Å². The third kappa shape index (κ3) is 3.08. The first-order chi connectivity index (χ1) is 6.13. The van der Waals surface area contributed by atoms with Crippen LogP contribution in [0.5, 0.6) is 5.75 Å². The van der Waals surface area contributed by atoms with E-state index >= 15 is 0 Å². The highest BCUT2D eigenvalue weighted by molar-refractivity contribution is 9.10. The number of phenols is 1. The molecule has 0 radical (unpaired) electrons. The van der Waals surface area contributed by atoms with Gasteiger partial charge in [-0.2, -0.15) is 0 Å². The number of rotatable bonds is 2. The predicted octanol–water partition coefficient (Wildman–Crippen LogP) is 3.88. The number of benzene rings is 1. The first-order valence-electron chi connectivity index (χ1n) is 3.84. The van der Waals surface area contributed by atoms with Gasteiger partial charge in [0, 0.05) is 0 Å². The Balaban J connectivity index is 2.98. The highest BCUT2D eigenvalue weighted by atomic mass is 79.9. The molecule has 0 saturated carbocycles. The largest absolute Gasteiger partial charge is 0.507 e. The van der Waals surface area contributed by atoms with E-state index in [1.165, 1.54) is 4.91 Å². The van der Waals surface area contributed by atoms with Crippen molar-refractivity contribution in [2.75, 3.05) is 6.26 Å². The summed E-state index contributed by atoms with van der Waals surface area (Å²) in [5.41, 5.74) is 1.09. The molecule has 0 spiro atoms. The quantitative estimate of drug-likeness (QED) is 0.869. The van der Waals surface area contributed by atoms with Gasteiger partial charge in [0.1, 0.15) is 5.75 Å². The van der Waals surface area contributed by atoms with Crippen LogP contribution in [0.1, 0.15) is 12.5 Å². The van der Waals surface area contributed by atoms with Crippen LogP contribution in [-0.2, 0) is 0 Å². The minimum atomic E-state index is 0.277. The van der Waals surface area contributed by atoms with Crippen molar-refractivity contribution in [3.63, 3.8) is 0 Å². The van der Waals surface area contributed by atoms with Gasteiger partial charge in [-0.15, -0.1) is 11.8 Å². The van der Waals surface area contributed by atoms with Crippen LogP contribution in [0, 0.1) is 0 Å². The van der Waals surface area contributed by atoms with Gasteiger partial charge in [0.2, 0.25) is 0 Å². The Bertz CT molecular complexity index is 334. The second-order valence-corrected chi connectivity index (χ2v) is 4.58. The Labute approximate surface area is 91.0 Å². The highest BCUT2D eigenvalue weighted by Crippen LogP contribution is 2.26. The molecule has 1 N–H and O–H groups in total. The number of aromatic hydroxyl groups is 1. The maximum absolute atomic E-state index is 9.26. The van der Waals surface area contributed by atoms with Gasteiger partial charge in [-0.1, -0.05) is 6.07 Å². The highest BCUT2D eigenvalue weighted by Gasteiger charge is 1.97.